The van der Waals surface area contributed by atoms with Crippen molar-refractivity contribution in [2.45, 2.75) is 32.6 Å². The van der Waals surface area contributed by atoms with E-state index in [1.165, 1.54) is 0 Å². The molecule has 0 radical (unpaired) electrons. The average Bonchev–Trinajstić information content (AvgIpc) is 3.31. The lowest BCUT2D eigenvalue weighted by Crippen LogP contribution is -2.29. The number of methoxy groups -OCH3 is 1. The predicted octanol–water partition coefficient (Wildman–Crippen LogP) is 4.26. The molecule has 1 aliphatic heterocycles. The van der Waals surface area contributed by atoms with E-state index in [9.17, 15) is 9.59 Å². The molecule has 2 aromatic carbocycles. The fourth-order valence-corrected chi connectivity index (χ4v) is 3.71. The van der Waals surface area contributed by atoms with Gasteiger partial charge in [0.2, 0.25) is 0 Å². The topological polar surface area (TPSA) is 82.7 Å². The van der Waals surface area contributed by atoms with Crippen LogP contribution in [0.5, 0.6) is 0 Å². The van der Waals surface area contributed by atoms with Gasteiger partial charge in [-0.1, -0.05) is 19.1 Å². The number of amides is 3. The highest BCUT2D eigenvalue weighted by Gasteiger charge is 2.20. The van der Waals surface area contributed by atoms with Crippen LogP contribution in [0.1, 0.15) is 42.1 Å². The minimum atomic E-state index is -0.339. The number of hydrogen-bond donors (Lipinski definition) is 3. The second-order valence-electron chi connectivity index (χ2n) is 7.66. The van der Waals surface area contributed by atoms with Crippen molar-refractivity contribution >= 4 is 29.0 Å². The van der Waals surface area contributed by atoms with Crippen molar-refractivity contribution in [2.75, 3.05) is 48.9 Å². The van der Waals surface area contributed by atoms with E-state index in [0.717, 1.165) is 55.7 Å². The number of rotatable bonds is 9. The predicted molar refractivity (Wildman–Crippen MR) is 125 cm³/mol. The molecule has 3 amide bonds. The van der Waals surface area contributed by atoms with Crippen LogP contribution in [0.4, 0.5) is 21.9 Å². The summed E-state index contributed by atoms with van der Waals surface area (Å²) < 4.78 is 5.05. The molecule has 0 spiro atoms. The lowest BCUT2D eigenvalue weighted by molar-refractivity contribution is 0.0949. The van der Waals surface area contributed by atoms with Crippen LogP contribution in [0.15, 0.2) is 42.5 Å². The number of aryl methyl sites for hydroxylation is 1. The van der Waals surface area contributed by atoms with Gasteiger partial charge in [0, 0.05) is 50.4 Å². The van der Waals surface area contributed by atoms with Crippen LogP contribution < -0.4 is 20.9 Å². The van der Waals surface area contributed by atoms with Crippen molar-refractivity contribution in [3.63, 3.8) is 0 Å². The van der Waals surface area contributed by atoms with Gasteiger partial charge < -0.3 is 25.6 Å². The summed E-state index contributed by atoms with van der Waals surface area (Å²) in [7, 11) is 1.64. The maximum absolute atomic E-state index is 12.9. The summed E-state index contributed by atoms with van der Waals surface area (Å²) in [4.78, 5) is 27.6. The van der Waals surface area contributed by atoms with Crippen LogP contribution in [0.25, 0.3) is 0 Å². The van der Waals surface area contributed by atoms with E-state index in [1.807, 2.05) is 36.4 Å². The van der Waals surface area contributed by atoms with E-state index in [2.05, 4.69) is 27.8 Å². The van der Waals surface area contributed by atoms with E-state index in [4.69, 9.17) is 4.74 Å². The average molecular weight is 425 g/mol. The Balaban J connectivity index is 1.72. The van der Waals surface area contributed by atoms with Crippen LogP contribution in [-0.4, -0.2) is 45.3 Å². The highest BCUT2D eigenvalue weighted by Crippen LogP contribution is 2.27. The zero-order chi connectivity index (χ0) is 22.1. The number of hydrogen-bond acceptors (Lipinski definition) is 4. The lowest BCUT2D eigenvalue weighted by Gasteiger charge is -2.22. The van der Waals surface area contributed by atoms with E-state index in [1.54, 1.807) is 13.2 Å². The summed E-state index contributed by atoms with van der Waals surface area (Å²) in [5, 5.41) is 8.66. The number of carbonyl (C=O) groups is 2. The smallest absolute Gasteiger partial charge is 0.323 e. The van der Waals surface area contributed by atoms with Crippen molar-refractivity contribution in [2.24, 2.45) is 0 Å². The summed E-state index contributed by atoms with van der Waals surface area (Å²) in [5.74, 6) is -0.141. The van der Waals surface area contributed by atoms with Gasteiger partial charge >= 0.3 is 6.03 Å². The summed E-state index contributed by atoms with van der Waals surface area (Å²) in [6.45, 7) is 5.08. The second-order valence-corrected chi connectivity index (χ2v) is 7.66. The molecular formula is C24H32N4O3. The fourth-order valence-electron chi connectivity index (χ4n) is 3.71. The first-order chi connectivity index (χ1) is 15.1. The Labute approximate surface area is 184 Å². The van der Waals surface area contributed by atoms with Crippen molar-refractivity contribution in [3.8, 4) is 0 Å². The first-order valence-electron chi connectivity index (χ1n) is 10.9. The monoisotopic (exact) mass is 424 g/mol. The van der Waals surface area contributed by atoms with E-state index >= 15 is 0 Å². The van der Waals surface area contributed by atoms with Crippen molar-refractivity contribution in [3.05, 3.63) is 53.6 Å². The zero-order valence-electron chi connectivity index (χ0n) is 18.4. The third kappa shape index (κ3) is 6.46. The van der Waals surface area contributed by atoms with E-state index < -0.39 is 0 Å². The lowest BCUT2D eigenvalue weighted by atomic mass is 10.1. The maximum atomic E-state index is 12.9. The molecule has 0 unspecified atom stereocenters. The van der Waals surface area contributed by atoms with E-state index in [0.29, 0.717) is 24.4 Å². The molecule has 3 N–H and O–H groups in total. The number of nitrogens with zero attached hydrogens (tertiary/aromatic N) is 1. The molecule has 0 aromatic heterocycles. The molecule has 31 heavy (non-hydrogen) atoms. The molecule has 1 saturated heterocycles. The number of carbonyl (C=O) groups excluding carboxylic acids is 2. The molecular weight excluding hydrogens is 392 g/mol. The highest BCUT2D eigenvalue weighted by molar-refractivity contribution is 6.04. The van der Waals surface area contributed by atoms with Gasteiger partial charge in [-0.05, 0) is 61.6 Å². The van der Waals surface area contributed by atoms with Crippen LogP contribution in [0.3, 0.4) is 0 Å². The molecule has 1 heterocycles. The first kappa shape index (κ1) is 22.6. The Kier molecular flexibility index (Phi) is 8.29. The largest absolute Gasteiger partial charge is 0.385 e. The molecule has 7 heteroatoms. The molecule has 1 fully saturated rings. The first-order valence-corrected chi connectivity index (χ1v) is 10.9. The molecule has 166 valence electrons. The van der Waals surface area contributed by atoms with Crippen molar-refractivity contribution in [1.29, 1.82) is 0 Å². The number of nitrogens with one attached hydrogen (secondary N) is 3. The number of anilines is 3. The SMILES string of the molecule is CCc1cccc(NC(=O)Nc2ccc(N3CCCC3)c(C(=O)NCCCOC)c2)c1. The summed E-state index contributed by atoms with van der Waals surface area (Å²) in [6, 6.07) is 12.9. The maximum Gasteiger partial charge on any atom is 0.323 e. The van der Waals surface area contributed by atoms with Crippen LogP contribution in [0.2, 0.25) is 0 Å². The Morgan fingerprint density at radius 3 is 2.48 bits per heavy atom. The van der Waals surface area contributed by atoms with Gasteiger partial charge in [-0.25, -0.2) is 4.79 Å². The Hall–Kier alpha value is -3.06. The van der Waals surface area contributed by atoms with Crippen molar-refractivity contribution in [1.82, 2.24) is 5.32 Å². The summed E-state index contributed by atoms with van der Waals surface area (Å²) in [6.07, 6.45) is 3.89. The standard InChI is InChI=1S/C24H32N4O3/c1-3-18-8-6-9-19(16-18)26-24(30)27-20-10-11-22(28-13-4-5-14-28)21(17-20)23(29)25-12-7-15-31-2/h6,8-11,16-17H,3-5,7,12-15H2,1-2H3,(H,25,29)(H2,26,27,30). The van der Waals surface area contributed by atoms with Gasteiger partial charge in [0.1, 0.15) is 0 Å². The normalized spacial score (nSPS) is 13.2. The Morgan fingerprint density at radius 1 is 1.03 bits per heavy atom. The van der Waals surface area contributed by atoms with Gasteiger partial charge in [-0.15, -0.1) is 0 Å². The van der Waals surface area contributed by atoms with Crippen molar-refractivity contribution < 1.29 is 14.3 Å². The second kappa shape index (κ2) is 11.4. The fraction of sp³-hybridized carbons (Fsp3) is 0.417. The third-order valence-corrected chi connectivity index (χ3v) is 5.35. The van der Waals surface area contributed by atoms with Gasteiger partial charge in [0.25, 0.3) is 5.91 Å². The molecule has 3 rings (SSSR count). The number of urea groups is 1. The zero-order valence-corrected chi connectivity index (χ0v) is 18.4. The Morgan fingerprint density at radius 2 is 1.77 bits per heavy atom. The quantitative estimate of drug-likeness (QED) is 0.525. The summed E-state index contributed by atoms with van der Waals surface area (Å²) >= 11 is 0. The minimum Gasteiger partial charge on any atom is -0.385 e. The molecule has 0 saturated carbocycles. The van der Waals surface area contributed by atoms with Crippen LogP contribution in [0, 0.1) is 0 Å². The Bertz CT molecular complexity index is 894. The van der Waals surface area contributed by atoms with Gasteiger partial charge in [0.15, 0.2) is 0 Å². The highest BCUT2D eigenvalue weighted by atomic mass is 16.5. The number of ether oxygens (including phenoxy) is 1. The van der Waals surface area contributed by atoms with Gasteiger partial charge in [0.05, 0.1) is 5.56 Å². The summed E-state index contributed by atoms with van der Waals surface area (Å²) in [5.41, 5.74) is 3.95. The molecule has 7 nitrogen and oxygen atoms in total. The molecule has 0 atom stereocenters. The van der Waals surface area contributed by atoms with Crippen LogP contribution >= 0.6 is 0 Å². The third-order valence-electron chi connectivity index (χ3n) is 5.35. The molecule has 1 aliphatic rings. The molecule has 0 bridgehead atoms. The van der Waals surface area contributed by atoms with E-state index in [-0.39, 0.29) is 11.9 Å². The molecule has 0 aliphatic carbocycles. The number of benzene rings is 2. The van der Waals surface area contributed by atoms with Gasteiger partial charge in [-0.2, -0.15) is 0 Å². The minimum absolute atomic E-state index is 0.141. The van der Waals surface area contributed by atoms with Crippen LogP contribution in [-0.2, 0) is 11.2 Å². The van der Waals surface area contributed by atoms with Gasteiger partial charge in [-0.3, -0.25) is 4.79 Å². The molecule has 2 aromatic rings.